The van der Waals surface area contributed by atoms with E-state index in [-0.39, 0.29) is 6.04 Å². The van der Waals surface area contributed by atoms with E-state index in [2.05, 4.69) is 20.6 Å². The van der Waals surface area contributed by atoms with Gasteiger partial charge in [-0.2, -0.15) is 0 Å². The number of nitrogens with one attached hydrogen (secondary N) is 2. The first kappa shape index (κ1) is 15.6. The molecule has 6 heteroatoms. The van der Waals surface area contributed by atoms with Crippen molar-refractivity contribution in [1.82, 2.24) is 15.3 Å². The lowest BCUT2D eigenvalue weighted by Gasteiger charge is -2.13. The summed E-state index contributed by atoms with van der Waals surface area (Å²) in [5.41, 5.74) is 2.20. The van der Waals surface area contributed by atoms with Gasteiger partial charge in [-0.05, 0) is 42.8 Å². The van der Waals surface area contributed by atoms with Gasteiger partial charge in [0, 0.05) is 29.7 Å². The Kier molecular flexibility index (Phi) is 4.47. The van der Waals surface area contributed by atoms with Gasteiger partial charge >= 0.3 is 11.8 Å². The Morgan fingerprint density at radius 1 is 1.04 bits per heavy atom. The first-order valence-electron chi connectivity index (χ1n) is 7.50. The van der Waals surface area contributed by atoms with E-state index in [9.17, 15) is 9.59 Å². The van der Waals surface area contributed by atoms with Crippen molar-refractivity contribution >= 4 is 28.4 Å². The van der Waals surface area contributed by atoms with Gasteiger partial charge < -0.3 is 10.6 Å². The van der Waals surface area contributed by atoms with Crippen LogP contribution in [0.15, 0.2) is 61.1 Å². The second-order valence-corrected chi connectivity index (χ2v) is 5.35. The van der Waals surface area contributed by atoms with Gasteiger partial charge in [-0.3, -0.25) is 19.6 Å². The summed E-state index contributed by atoms with van der Waals surface area (Å²) in [6.45, 7) is 1.80. The van der Waals surface area contributed by atoms with E-state index in [1.54, 1.807) is 49.8 Å². The van der Waals surface area contributed by atoms with Crippen molar-refractivity contribution in [3.05, 3.63) is 66.6 Å². The fourth-order valence-corrected chi connectivity index (χ4v) is 2.32. The van der Waals surface area contributed by atoms with Crippen LogP contribution in [-0.2, 0) is 9.59 Å². The number of carbonyl (C=O) groups excluding carboxylic acids is 2. The minimum absolute atomic E-state index is 0.308. The molecule has 0 spiro atoms. The number of carbonyl (C=O) groups is 2. The molecule has 1 aromatic carbocycles. The van der Waals surface area contributed by atoms with Crippen molar-refractivity contribution < 1.29 is 9.59 Å². The monoisotopic (exact) mass is 320 g/mol. The molecule has 2 aromatic heterocycles. The number of pyridine rings is 2. The summed E-state index contributed by atoms with van der Waals surface area (Å²) in [7, 11) is 0. The van der Waals surface area contributed by atoms with Gasteiger partial charge in [-0.1, -0.05) is 12.1 Å². The van der Waals surface area contributed by atoms with Gasteiger partial charge in [-0.15, -0.1) is 0 Å². The molecule has 3 aromatic rings. The lowest BCUT2D eigenvalue weighted by molar-refractivity contribution is -0.136. The summed E-state index contributed by atoms with van der Waals surface area (Å²) < 4.78 is 0. The van der Waals surface area contributed by atoms with Crippen LogP contribution >= 0.6 is 0 Å². The van der Waals surface area contributed by atoms with E-state index in [0.717, 1.165) is 16.5 Å². The number of nitrogens with zero attached hydrogens (tertiary/aromatic N) is 2. The SMILES string of the molecule is CC(NC(=O)C(=O)Nc1ccc2ncccc2c1)c1cccnc1. The van der Waals surface area contributed by atoms with E-state index in [4.69, 9.17) is 0 Å². The predicted molar refractivity (Wildman–Crippen MR) is 91.2 cm³/mol. The van der Waals surface area contributed by atoms with E-state index in [1.807, 2.05) is 18.2 Å². The van der Waals surface area contributed by atoms with Crippen LogP contribution in [0.2, 0.25) is 0 Å². The van der Waals surface area contributed by atoms with Crippen LogP contribution in [0.4, 0.5) is 5.69 Å². The molecule has 1 atom stereocenters. The largest absolute Gasteiger partial charge is 0.341 e. The zero-order valence-electron chi connectivity index (χ0n) is 13.1. The van der Waals surface area contributed by atoms with Crippen LogP contribution in [0, 0.1) is 0 Å². The Labute approximate surface area is 138 Å². The number of benzene rings is 1. The Hall–Kier alpha value is -3.28. The highest BCUT2D eigenvalue weighted by atomic mass is 16.2. The Morgan fingerprint density at radius 2 is 1.88 bits per heavy atom. The van der Waals surface area contributed by atoms with E-state index < -0.39 is 11.8 Å². The zero-order chi connectivity index (χ0) is 16.9. The number of aromatic nitrogens is 2. The van der Waals surface area contributed by atoms with Crippen molar-refractivity contribution in [3.8, 4) is 0 Å². The number of hydrogen-bond donors (Lipinski definition) is 2. The third-order valence-electron chi connectivity index (χ3n) is 3.60. The van der Waals surface area contributed by atoms with Crippen LogP contribution in [0.1, 0.15) is 18.5 Å². The van der Waals surface area contributed by atoms with E-state index in [1.165, 1.54) is 0 Å². The molecule has 2 heterocycles. The summed E-state index contributed by atoms with van der Waals surface area (Å²) in [6, 6.07) is 12.3. The summed E-state index contributed by atoms with van der Waals surface area (Å²) in [5, 5.41) is 6.13. The molecule has 120 valence electrons. The number of hydrogen-bond acceptors (Lipinski definition) is 4. The normalized spacial score (nSPS) is 11.7. The van der Waals surface area contributed by atoms with Gasteiger partial charge in [0.1, 0.15) is 0 Å². The molecule has 3 rings (SSSR count). The first-order valence-corrected chi connectivity index (χ1v) is 7.50. The zero-order valence-corrected chi connectivity index (χ0v) is 13.1. The summed E-state index contributed by atoms with van der Waals surface area (Å²) in [5.74, 6) is -1.41. The van der Waals surface area contributed by atoms with Gasteiger partial charge in [0.05, 0.1) is 11.6 Å². The summed E-state index contributed by atoms with van der Waals surface area (Å²) >= 11 is 0. The summed E-state index contributed by atoms with van der Waals surface area (Å²) in [6.07, 6.45) is 5.01. The Balaban J connectivity index is 1.66. The van der Waals surface area contributed by atoms with Gasteiger partial charge in [0.15, 0.2) is 0 Å². The van der Waals surface area contributed by atoms with Crippen LogP contribution < -0.4 is 10.6 Å². The first-order chi connectivity index (χ1) is 11.6. The Morgan fingerprint density at radius 3 is 2.67 bits per heavy atom. The highest BCUT2D eigenvalue weighted by Gasteiger charge is 2.17. The van der Waals surface area contributed by atoms with Gasteiger partial charge in [0.2, 0.25) is 0 Å². The van der Waals surface area contributed by atoms with Crippen LogP contribution in [0.5, 0.6) is 0 Å². The lowest BCUT2D eigenvalue weighted by Crippen LogP contribution is -2.36. The maximum atomic E-state index is 12.1. The smallest absolute Gasteiger partial charge is 0.313 e. The minimum atomic E-state index is -0.714. The molecule has 0 aliphatic rings. The van der Waals surface area contributed by atoms with Crippen molar-refractivity contribution in [2.75, 3.05) is 5.32 Å². The molecule has 2 amide bonds. The number of rotatable bonds is 3. The number of fused-ring (bicyclic) bond motifs is 1. The molecule has 2 N–H and O–H groups in total. The molecular formula is C18H16N4O2. The molecule has 0 bridgehead atoms. The lowest BCUT2D eigenvalue weighted by atomic mass is 10.1. The molecule has 0 saturated carbocycles. The fraction of sp³-hybridized carbons (Fsp3) is 0.111. The van der Waals surface area contributed by atoms with Crippen molar-refractivity contribution in [1.29, 1.82) is 0 Å². The standard InChI is InChI=1S/C18H16N4O2/c1-12(14-5-2-8-19-11-14)21-17(23)18(24)22-15-6-7-16-13(10-15)4-3-9-20-16/h2-12H,1H3,(H,21,23)(H,22,24). The van der Waals surface area contributed by atoms with Crippen molar-refractivity contribution in [2.24, 2.45) is 0 Å². The van der Waals surface area contributed by atoms with E-state index in [0.29, 0.717) is 5.69 Å². The van der Waals surface area contributed by atoms with Gasteiger partial charge in [-0.25, -0.2) is 0 Å². The second-order valence-electron chi connectivity index (χ2n) is 5.35. The molecule has 1 unspecified atom stereocenters. The topological polar surface area (TPSA) is 84.0 Å². The second kappa shape index (κ2) is 6.87. The number of amides is 2. The maximum Gasteiger partial charge on any atom is 0.313 e. The molecule has 0 radical (unpaired) electrons. The number of anilines is 1. The molecule has 0 aliphatic heterocycles. The molecule has 6 nitrogen and oxygen atoms in total. The van der Waals surface area contributed by atoms with Crippen molar-refractivity contribution in [3.63, 3.8) is 0 Å². The average Bonchev–Trinajstić information content (AvgIpc) is 2.62. The predicted octanol–water partition coefficient (Wildman–Crippen LogP) is 2.45. The summed E-state index contributed by atoms with van der Waals surface area (Å²) in [4.78, 5) is 32.3. The van der Waals surface area contributed by atoms with Crippen LogP contribution in [0.25, 0.3) is 10.9 Å². The minimum Gasteiger partial charge on any atom is -0.341 e. The highest BCUT2D eigenvalue weighted by Crippen LogP contribution is 2.17. The van der Waals surface area contributed by atoms with Crippen LogP contribution in [-0.4, -0.2) is 21.8 Å². The third kappa shape index (κ3) is 3.55. The molecule has 0 saturated heterocycles. The maximum absolute atomic E-state index is 12.1. The third-order valence-corrected chi connectivity index (χ3v) is 3.60. The van der Waals surface area contributed by atoms with Crippen LogP contribution in [0.3, 0.4) is 0 Å². The fourth-order valence-electron chi connectivity index (χ4n) is 2.32. The average molecular weight is 320 g/mol. The Bertz CT molecular complexity index is 880. The van der Waals surface area contributed by atoms with Crippen molar-refractivity contribution in [2.45, 2.75) is 13.0 Å². The van der Waals surface area contributed by atoms with Gasteiger partial charge in [0.25, 0.3) is 0 Å². The highest BCUT2D eigenvalue weighted by molar-refractivity contribution is 6.39. The quantitative estimate of drug-likeness (QED) is 0.726. The van der Waals surface area contributed by atoms with E-state index >= 15 is 0 Å². The molecule has 0 fully saturated rings. The molecular weight excluding hydrogens is 304 g/mol. The molecule has 24 heavy (non-hydrogen) atoms. The molecule has 0 aliphatic carbocycles.